The van der Waals surface area contributed by atoms with E-state index in [4.69, 9.17) is 0 Å². The van der Waals surface area contributed by atoms with E-state index in [0.717, 1.165) is 6.07 Å². The van der Waals surface area contributed by atoms with E-state index in [9.17, 15) is 14.5 Å². The van der Waals surface area contributed by atoms with Crippen molar-refractivity contribution in [1.82, 2.24) is 0 Å². The van der Waals surface area contributed by atoms with Crippen LogP contribution in [0.25, 0.3) is 0 Å². The highest BCUT2D eigenvalue weighted by molar-refractivity contribution is 5.41. The molecule has 0 spiro atoms. The Kier molecular flexibility index (Phi) is 2.38. The zero-order valence-corrected chi connectivity index (χ0v) is 6.58. The first kappa shape index (κ1) is 8.64. The van der Waals surface area contributed by atoms with Gasteiger partial charge in [0.25, 0.3) is 0 Å². The number of hydrogen-bond donors (Lipinski definition) is 0. The van der Waals surface area contributed by atoms with Crippen LogP contribution in [-0.4, -0.2) is 4.92 Å². The number of nitrogens with zero attached hydrogens (tertiary/aromatic N) is 1. The van der Waals surface area contributed by atoms with Gasteiger partial charge in [0.1, 0.15) is 0 Å². The van der Waals surface area contributed by atoms with Gasteiger partial charge in [0, 0.05) is 5.56 Å². The van der Waals surface area contributed by atoms with Crippen LogP contribution in [0.5, 0.6) is 0 Å². The normalized spacial score (nSPS) is 9.83. The van der Waals surface area contributed by atoms with Crippen molar-refractivity contribution in [3.05, 3.63) is 39.7 Å². The van der Waals surface area contributed by atoms with E-state index in [1.807, 2.05) is 0 Å². The number of rotatable bonds is 2. The molecule has 0 radical (unpaired) electrons. The van der Waals surface area contributed by atoms with Gasteiger partial charge in [-0.25, -0.2) is 0 Å². The van der Waals surface area contributed by atoms with Crippen LogP contribution in [0.1, 0.15) is 12.5 Å². The fraction of sp³-hybridized carbons (Fsp3) is 0.250. The van der Waals surface area contributed by atoms with Crippen molar-refractivity contribution in [2.24, 2.45) is 0 Å². The molecule has 0 atom stereocenters. The fourth-order valence-corrected chi connectivity index (χ4v) is 1.05. The van der Waals surface area contributed by atoms with Gasteiger partial charge in [0.05, 0.1) is 4.92 Å². The Labute approximate surface area is 69.0 Å². The maximum atomic E-state index is 12.8. The largest absolute Gasteiger partial charge is 0.307 e. The zero-order chi connectivity index (χ0) is 9.14. The molecule has 0 unspecified atom stereocenters. The highest BCUT2D eigenvalue weighted by Crippen LogP contribution is 2.22. The second-order valence-corrected chi connectivity index (χ2v) is 2.36. The first-order valence-electron chi connectivity index (χ1n) is 3.58. The van der Waals surface area contributed by atoms with Crippen LogP contribution in [0.2, 0.25) is 0 Å². The molecule has 0 fully saturated rings. The Morgan fingerprint density at radius 3 is 2.67 bits per heavy atom. The number of benzene rings is 1. The number of halogens is 1. The molecule has 1 aromatic rings. The van der Waals surface area contributed by atoms with Crippen LogP contribution in [0, 0.1) is 15.9 Å². The van der Waals surface area contributed by atoms with Crippen LogP contribution in [0.4, 0.5) is 10.1 Å². The first-order chi connectivity index (χ1) is 5.66. The van der Waals surface area contributed by atoms with E-state index in [1.165, 1.54) is 6.07 Å². The summed E-state index contributed by atoms with van der Waals surface area (Å²) in [4.78, 5) is 9.68. The molecule has 0 aromatic heterocycles. The maximum Gasteiger partial charge on any atom is 0.307 e. The van der Waals surface area contributed by atoms with Gasteiger partial charge in [-0.05, 0) is 12.5 Å². The number of aryl methyl sites for hydroxylation is 1. The molecular weight excluding hydrogens is 161 g/mol. The van der Waals surface area contributed by atoms with E-state index in [-0.39, 0.29) is 0 Å². The van der Waals surface area contributed by atoms with E-state index in [2.05, 4.69) is 0 Å². The lowest BCUT2D eigenvalue weighted by Crippen LogP contribution is -1.97. The lowest BCUT2D eigenvalue weighted by atomic mass is 10.1. The second-order valence-electron chi connectivity index (χ2n) is 2.36. The highest BCUT2D eigenvalue weighted by Gasteiger charge is 2.17. The molecule has 0 saturated heterocycles. The van der Waals surface area contributed by atoms with Gasteiger partial charge in [0.2, 0.25) is 5.82 Å². The zero-order valence-electron chi connectivity index (χ0n) is 6.58. The van der Waals surface area contributed by atoms with Crippen molar-refractivity contribution in [3.63, 3.8) is 0 Å². The third-order valence-corrected chi connectivity index (χ3v) is 1.63. The minimum Gasteiger partial charge on any atom is -0.258 e. The lowest BCUT2D eigenvalue weighted by molar-refractivity contribution is -0.388. The Hall–Kier alpha value is -1.45. The SMILES string of the molecule is CCc1cccc(F)c1[N+](=O)[O-]. The minimum atomic E-state index is -0.764. The van der Waals surface area contributed by atoms with Gasteiger partial charge >= 0.3 is 5.69 Å². The van der Waals surface area contributed by atoms with Crippen LogP contribution in [0.3, 0.4) is 0 Å². The molecule has 0 aliphatic rings. The van der Waals surface area contributed by atoms with Gasteiger partial charge in [-0.1, -0.05) is 19.1 Å². The Balaban J connectivity index is 3.29. The number of nitro groups is 1. The van der Waals surface area contributed by atoms with Crippen molar-refractivity contribution < 1.29 is 9.31 Å². The highest BCUT2D eigenvalue weighted by atomic mass is 19.1. The average Bonchev–Trinajstić information content (AvgIpc) is 2.03. The first-order valence-corrected chi connectivity index (χ1v) is 3.58. The fourth-order valence-electron chi connectivity index (χ4n) is 1.05. The Morgan fingerprint density at radius 2 is 2.25 bits per heavy atom. The van der Waals surface area contributed by atoms with Crippen LogP contribution in [0.15, 0.2) is 18.2 Å². The summed E-state index contributed by atoms with van der Waals surface area (Å²) in [5.41, 5.74) is 0.0278. The molecule has 0 saturated carbocycles. The van der Waals surface area contributed by atoms with Gasteiger partial charge in [-0.15, -0.1) is 0 Å². The van der Waals surface area contributed by atoms with Crippen molar-refractivity contribution in [1.29, 1.82) is 0 Å². The summed E-state index contributed by atoms with van der Waals surface area (Å²) in [5.74, 6) is -0.764. The molecule has 0 amide bonds. The maximum absolute atomic E-state index is 12.8. The van der Waals surface area contributed by atoms with E-state index >= 15 is 0 Å². The Morgan fingerprint density at radius 1 is 1.58 bits per heavy atom. The van der Waals surface area contributed by atoms with Crippen molar-refractivity contribution in [2.75, 3.05) is 0 Å². The summed E-state index contributed by atoms with van der Waals surface area (Å²) in [6, 6.07) is 4.12. The van der Waals surface area contributed by atoms with E-state index in [0.29, 0.717) is 12.0 Å². The molecule has 1 aromatic carbocycles. The molecule has 0 aliphatic carbocycles. The van der Waals surface area contributed by atoms with E-state index < -0.39 is 16.4 Å². The summed E-state index contributed by atoms with van der Waals surface area (Å²) < 4.78 is 12.8. The predicted octanol–water partition coefficient (Wildman–Crippen LogP) is 2.30. The molecule has 0 bridgehead atoms. The van der Waals surface area contributed by atoms with E-state index in [1.54, 1.807) is 13.0 Å². The third-order valence-electron chi connectivity index (χ3n) is 1.63. The molecule has 0 heterocycles. The van der Waals surface area contributed by atoms with Crippen molar-refractivity contribution in [2.45, 2.75) is 13.3 Å². The van der Waals surface area contributed by atoms with Crippen molar-refractivity contribution in [3.8, 4) is 0 Å². The Bertz CT molecular complexity index is 312. The summed E-state index contributed by atoms with van der Waals surface area (Å²) in [5, 5.41) is 10.4. The van der Waals surface area contributed by atoms with Gasteiger partial charge in [0.15, 0.2) is 0 Å². The van der Waals surface area contributed by atoms with Gasteiger partial charge in [-0.3, -0.25) is 10.1 Å². The van der Waals surface area contributed by atoms with Crippen LogP contribution < -0.4 is 0 Å². The number of para-hydroxylation sites is 1. The lowest BCUT2D eigenvalue weighted by Gasteiger charge is -1.98. The molecule has 4 heteroatoms. The van der Waals surface area contributed by atoms with Crippen LogP contribution in [-0.2, 0) is 6.42 Å². The second kappa shape index (κ2) is 3.30. The molecule has 1 rings (SSSR count). The smallest absolute Gasteiger partial charge is 0.258 e. The summed E-state index contributed by atoms with van der Waals surface area (Å²) in [7, 11) is 0. The topological polar surface area (TPSA) is 43.1 Å². The van der Waals surface area contributed by atoms with Crippen LogP contribution >= 0.6 is 0 Å². The molecule has 64 valence electrons. The summed E-state index contributed by atoms with van der Waals surface area (Å²) >= 11 is 0. The standard InChI is InChI=1S/C8H8FNO2/c1-2-6-4-3-5-7(9)8(6)10(11)12/h3-5H,2H2,1H3. The monoisotopic (exact) mass is 169 g/mol. The van der Waals surface area contributed by atoms with Gasteiger partial charge in [-0.2, -0.15) is 4.39 Å². The predicted molar refractivity (Wildman–Crippen MR) is 42.4 cm³/mol. The molecule has 12 heavy (non-hydrogen) atoms. The third kappa shape index (κ3) is 1.42. The molecule has 0 N–H and O–H groups in total. The summed E-state index contributed by atoms with van der Waals surface area (Å²) in [6.45, 7) is 1.75. The van der Waals surface area contributed by atoms with Gasteiger partial charge < -0.3 is 0 Å². The van der Waals surface area contributed by atoms with Crippen molar-refractivity contribution >= 4 is 5.69 Å². The molecular formula is C8H8FNO2. The number of nitro benzene ring substituents is 1. The average molecular weight is 169 g/mol. The number of hydrogen-bond acceptors (Lipinski definition) is 2. The quantitative estimate of drug-likeness (QED) is 0.503. The minimum absolute atomic E-state index is 0.403. The molecule has 3 nitrogen and oxygen atoms in total. The summed E-state index contributed by atoms with van der Waals surface area (Å²) in [6.07, 6.45) is 0.466. The molecule has 0 aliphatic heterocycles.